The minimum Gasteiger partial charge on any atom is -0.459 e. The van der Waals surface area contributed by atoms with Gasteiger partial charge in [0.2, 0.25) is 5.91 Å². The Labute approximate surface area is 182 Å². The van der Waals surface area contributed by atoms with Crippen LogP contribution in [0, 0.1) is 13.8 Å². The summed E-state index contributed by atoms with van der Waals surface area (Å²) in [7, 11) is 0. The standard InChI is InChI=1S/C22H22N2O4S2/c1-14-3-6-16(7-4-14)23-20(26)11-21-24-17(13-29-21)12-28-22(27)10-8-18(25)19-9-5-15(2)30-19/h3-7,9,13H,8,10-12H2,1-2H3,(H,23,26). The molecule has 0 fully saturated rings. The lowest BCUT2D eigenvalue weighted by Crippen LogP contribution is -2.14. The molecule has 0 aliphatic rings. The van der Waals surface area contributed by atoms with Gasteiger partial charge in [-0.15, -0.1) is 22.7 Å². The fourth-order valence-electron chi connectivity index (χ4n) is 2.63. The molecule has 3 rings (SSSR count). The van der Waals surface area contributed by atoms with Gasteiger partial charge >= 0.3 is 5.97 Å². The lowest BCUT2D eigenvalue weighted by atomic mass is 10.2. The summed E-state index contributed by atoms with van der Waals surface area (Å²) in [6.07, 6.45) is 0.313. The molecule has 1 N–H and O–H groups in total. The molecule has 1 aromatic carbocycles. The molecule has 0 spiro atoms. The first-order valence-electron chi connectivity index (χ1n) is 9.44. The Morgan fingerprint density at radius 3 is 2.50 bits per heavy atom. The maximum atomic E-state index is 12.1. The molecule has 2 heterocycles. The van der Waals surface area contributed by atoms with Crippen LogP contribution in [0.5, 0.6) is 0 Å². The number of ether oxygens (including phenoxy) is 1. The molecule has 0 saturated carbocycles. The first kappa shape index (κ1) is 21.9. The lowest BCUT2D eigenvalue weighted by molar-refractivity contribution is -0.145. The van der Waals surface area contributed by atoms with Crippen molar-refractivity contribution in [3.8, 4) is 0 Å². The van der Waals surface area contributed by atoms with Gasteiger partial charge in [-0.25, -0.2) is 4.98 Å². The van der Waals surface area contributed by atoms with E-state index in [1.807, 2.05) is 44.2 Å². The van der Waals surface area contributed by atoms with Crippen molar-refractivity contribution in [3.63, 3.8) is 0 Å². The van der Waals surface area contributed by atoms with Crippen LogP contribution in [-0.2, 0) is 27.4 Å². The van der Waals surface area contributed by atoms with Crippen molar-refractivity contribution < 1.29 is 19.1 Å². The van der Waals surface area contributed by atoms with Crippen molar-refractivity contribution in [3.05, 3.63) is 67.8 Å². The Hall–Kier alpha value is -2.84. The van der Waals surface area contributed by atoms with Gasteiger partial charge in [0.1, 0.15) is 11.6 Å². The number of carbonyl (C=O) groups excluding carboxylic acids is 3. The van der Waals surface area contributed by atoms with Gasteiger partial charge in [-0.2, -0.15) is 0 Å². The number of nitrogens with one attached hydrogen (secondary N) is 1. The van der Waals surface area contributed by atoms with Crippen molar-refractivity contribution in [2.24, 2.45) is 0 Å². The number of aromatic nitrogens is 1. The summed E-state index contributed by atoms with van der Waals surface area (Å²) in [5.41, 5.74) is 2.45. The predicted octanol–water partition coefficient (Wildman–Crippen LogP) is 4.71. The first-order valence-corrected chi connectivity index (χ1v) is 11.1. The number of carbonyl (C=O) groups is 3. The summed E-state index contributed by atoms with van der Waals surface area (Å²) in [6, 6.07) is 11.2. The molecular formula is C22H22N2O4S2. The van der Waals surface area contributed by atoms with Gasteiger partial charge < -0.3 is 10.1 Å². The molecule has 0 atom stereocenters. The number of hydrogen-bond acceptors (Lipinski definition) is 7. The summed E-state index contributed by atoms with van der Waals surface area (Å²) >= 11 is 2.77. The second-order valence-electron chi connectivity index (χ2n) is 6.82. The third-order valence-corrected chi connectivity index (χ3v) is 6.14. The second-order valence-corrected chi connectivity index (χ2v) is 9.05. The summed E-state index contributed by atoms with van der Waals surface area (Å²) in [5.74, 6) is -0.650. The predicted molar refractivity (Wildman–Crippen MR) is 118 cm³/mol. The van der Waals surface area contributed by atoms with Crippen LogP contribution in [0.2, 0.25) is 0 Å². The van der Waals surface area contributed by atoms with Gasteiger partial charge in [-0.05, 0) is 38.1 Å². The van der Waals surface area contributed by atoms with E-state index in [9.17, 15) is 14.4 Å². The molecule has 3 aromatic rings. The fourth-order valence-corrected chi connectivity index (χ4v) is 4.24. The van der Waals surface area contributed by atoms with E-state index < -0.39 is 5.97 Å². The quantitative estimate of drug-likeness (QED) is 0.383. The molecule has 0 bridgehead atoms. The smallest absolute Gasteiger partial charge is 0.306 e. The number of aryl methyl sites for hydroxylation is 2. The number of Topliss-reactive ketones (excluding diaryl/α,β-unsaturated/α-hetero) is 1. The van der Waals surface area contributed by atoms with E-state index in [2.05, 4.69) is 10.3 Å². The van der Waals surface area contributed by atoms with Crippen molar-refractivity contribution in [1.29, 1.82) is 0 Å². The van der Waals surface area contributed by atoms with E-state index in [-0.39, 0.29) is 37.6 Å². The number of esters is 1. The van der Waals surface area contributed by atoms with Crippen LogP contribution in [0.15, 0.2) is 41.8 Å². The Morgan fingerprint density at radius 2 is 1.80 bits per heavy atom. The van der Waals surface area contributed by atoms with Crippen LogP contribution in [0.3, 0.4) is 0 Å². The van der Waals surface area contributed by atoms with Crippen LogP contribution in [-0.4, -0.2) is 22.6 Å². The molecule has 0 aliphatic carbocycles. The van der Waals surface area contributed by atoms with Crippen LogP contribution in [0.4, 0.5) is 5.69 Å². The van der Waals surface area contributed by atoms with E-state index in [4.69, 9.17) is 4.74 Å². The maximum absolute atomic E-state index is 12.1. The van der Waals surface area contributed by atoms with Crippen LogP contribution in [0.25, 0.3) is 0 Å². The number of benzene rings is 1. The van der Waals surface area contributed by atoms with Crippen molar-refractivity contribution in [2.75, 3.05) is 5.32 Å². The highest BCUT2D eigenvalue weighted by atomic mass is 32.1. The first-order chi connectivity index (χ1) is 14.4. The molecule has 30 heavy (non-hydrogen) atoms. The van der Waals surface area contributed by atoms with Gasteiger partial charge in [0.25, 0.3) is 0 Å². The van der Waals surface area contributed by atoms with E-state index in [0.717, 1.165) is 16.1 Å². The average Bonchev–Trinajstić information content (AvgIpc) is 3.35. The molecule has 0 unspecified atom stereocenters. The van der Waals surface area contributed by atoms with Crippen LogP contribution < -0.4 is 5.32 Å². The van der Waals surface area contributed by atoms with Gasteiger partial charge in [-0.3, -0.25) is 14.4 Å². The molecule has 0 aliphatic heterocycles. The van der Waals surface area contributed by atoms with Crippen molar-refractivity contribution in [2.45, 2.75) is 39.7 Å². The highest BCUT2D eigenvalue weighted by molar-refractivity contribution is 7.14. The van der Waals surface area contributed by atoms with Gasteiger partial charge in [-0.1, -0.05) is 17.7 Å². The number of rotatable bonds is 9. The highest BCUT2D eigenvalue weighted by Gasteiger charge is 2.13. The lowest BCUT2D eigenvalue weighted by Gasteiger charge is -2.04. The Balaban J connectivity index is 1.40. The zero-order valence-corrected chi connectivity index (χ0v) is 18.4. The number of anilines is 1. The van der Waals surface area contributed by atoms with Crippen molar-refractivity contribution >= 4 is 46.0 Å². The molecule has 8 heteroatoms. The van der Waals surface area contributed by atoms with E-state index in [1.165, 1.54) is 22.7 Å². The Bertz CT molecular complexity index is 1040. The second kappa shape index (κ2) is 10.3. The number of amides is 1. The van der Waals surface area contributed by atoms with Gasteiger partial charge in [0, 0.05) is 22.4 Å². The topological polar surface area (TPSA) is 85.4 Å². The van der Waals surface area contributed by atoms with E-state index in [1.54, 1.807) is 11.4 Å². The fraction of sp³-hybridized carbons (Fsp3) is 0.273. The largest absolute Gasteiger partial charge is 0.459 e. The van der Waals surface area contributed by atoms with Gasteiger partial charge in [0.15, 0.2) is 5.78 Å². The Morgan fingerprint density at radius 1 is 1.03 bits per heavy atom. The normalized spacial score (nSPS) is 10.6. The molecule has 156 valence electrons. The molecule has 2 aromatic heterocycles. The number of ketones is 1. The number of thiazole rings is 1. The number of nitrogens with zero attached hydrogens (tertiary/aromatic N) is 1. The minimum atomic E-state index is -0.441. The molecule has 6 nitrogen and oxygen atoms in total. The summed E-state index contributed by atoms with van der Waals surface area (Å²) in [4.78, 5) is 42.2. The molecule has 0 radical (unpaired) electrons. The van der Waals surface area contributed by atoms with Crippen molar-refractivity contribution in [1.82, 2.24) is 4.98 Å². The maximum Gasteiger partial charge on any atom is 0.306 e. The minimum absolute atomic E-state index is 0.0290. The van der Waals surface area contributed by atoms with E-state index in [0.29, 0.717) is 15.6 Å². The third-order valence-electron chi connectivity index (χ3n) is 4.20. The molecular weight excluding hydrogens is 420 g/mol. The number of hydrogen-bond donors (Lipinski definition) is 1. The average molecular weight is 443 g/mol. The summed E-state index contributed by atoms with van der Waals surface area (Å²) < 4.78 is 5.20. The van der Waals surface area contributed by atoms with Gasteiger partial charge in [0.05, 0.1) is 23.4 Å². The summed E-state index contributed by atoms with van der Waals surface area (Å²) in [5, 5.41) is 5.24. The summed E-state index contributed by atoms with van der Waals surface area (Å²) in [6.45, 7) is 3.95. The van der Waals surface area contributed by atoms with Crippen LogP contribution in [0.1, 0.15) is 43.7 Å². The SMILES string of the molecule is Cc1ccc(NC(=O)Cc2nc(COC(=O)CCC(=O)c3ccc(C)s3)cs2)cc1. The number of thiophene rings is 1. The zero-order valence-electron chi connectivity index (χ0n) is 16.8. The van der Waals surface area contributed by atoms with Crippen LogP contribution >= 0.6 is 22.7 Å². The molecule has 0 saturated heterocycles. The zero-order chi connectivity index (χ0) is 21.5. The van der Waals surface area contributed by atoms with E-state index >= 15 is 0 Å². The highest BCUT2D eigenvalue weighted by Crippen LogP contribution is 2.18. The Kier molecular flexibility index (Phi) is 7.48. The molecule has 1 amide bonds. The monoisotopic (exact) mass is 442 g/mol. The third kappa shape index (κ3) is 6.60.